The largest absolute Gasteiger partial charge is 0.496 e. The number of para-hydroxylation sites is 1. The van der Waals surface area contributed by atoms with E-state index in [9.17, 15) is 18.0 Å². The lowest BCUT2D eigenvalue weighted by molar-refractivity contribution is -0.137. The van der Waals surface area contributed by atoms with Gasteiger partial charge in [0.1, 0.15) is 5.75 Å². The zero-order chi connectivity index (χ0) is 20.9. The fourth-order valence-electron chi connectivity index (χ4n) is 3.37. The maximum Gasteiger partial charge on any atom is 0.416 e. The van der Waals surface area contributed by atoms with Gasteiger partial charge in [-0.15, -0.1) is 0 Å². The number of anilines is 2. The van der Waals surface area contributed by atoms with Gasteiger partial charge < -0.3 is 15.0 Å². The molecule has 1 heterocycles. The predicted molar refractivity (Wildman–Crippen MR) is 108 cm³/mol. The van der Waals surface area contributed by atoms with Gasteiger partial charge in [0.25, 0.3) is 0 Å². The monoisotopic (exact) mass is 404 g/mol. The standard InChI is InChI=1S/C22H23F3N2O2/c1-29-20-8-4-3-7-16(20)9-12-21(28)26-18-15-17(22(23,24)25)10-11-19(18)27-13-5-2-6-14-27/h3-4,7-12,15H,2,5-6,13-14H2,1H3,(H,26,28). The second-order valence-corrected chi connectivity index (χ2v) is 6.84. The van der Waals surface area contributed by atoms with Gasteiger partial charge in [0.05, 0.1) is 24.0 Å². The molecular formula is C22H23F3N2O2. The number of ether oxygens (including phenoxy) is 1. The molecule has 0 atom stereocenters. The Kier molecular flexibility index (Phi) is 6.46. The molecule has 154 valence electrons. The van der Waals surface area contributed by atoms with Crippen molar-refractivity contribution in [1.82, 2.24) is 0 Å². The Labute approximate surface area is 168 Å². The second-order valence-electron chi connectivity index (χ2n) is 6.84. The van der Waals surface area contributed by atoms with Crippen LogP contribution in [0.15, 0.2) is 48.5 Å². The molecule has 4 nitrogen and oxygen atoms in total. The van der Waals surface area contributed by atoms with Gasteiger partial charge in [-0.25, -0.2) is 0 Å². The lowest BCUT2D eigenvalue weighted by atomic mass is 10.1. The van der Waals surface area contributed by atoms with Crippen molar-refractivity contribution in [3.8, 4) is 5.75 Å². The van der Waals surface area contributed by atoms with Gasteiger partial charge in [-0.2, -0.15) is 13.2 Å². The Morgan fingerprint density at radius 1 is 1.10 bits per heavy atom. The molecule has 0 aromatic heterocycles. The van der Waals surface area contributed by atoms with E-state index in [4.69, 9.17) is 4.74 Å². The van der Waals surface area contributed by atoms with Crippen LogP contribution >= 0.6 is 0 Å². The summed E-state index contributed by atoms with van der Waals surface area (Å²) in [4.78, 5) is 14.5. The van der Waals surface area contributed by atoms with Gasteiger partial charge in [-0.05, 0) is 49.6 Å². The van der Waals surface area contributed by atoms with Crippen molar-refractivity contribution in [2.45, 2.75) is 25.4 Å². The van der Waals surface area contributed by atoms with Crippen LogP contribution in [0.25, 0.3) is 6.08 Å². The third-order valence-corrected chi connectivity index (χ3v) is 4.83. The van der Waals surface area contributed by atoms with Crippen molar-refractivity contribution in [3.05, 3.63) is 59.7 Å². The SMILES string of the molecule is COc1ccccc1C=CC(=O)Nc1cc(C(F)(F)F)ccc1N1CCCCC1. The number of hydrogen-bond acceptors (Lipinski definition) is 3. The van der Waals surface area contributed by atoms with Crippen LogP contribution in [0.1, 0.15) is 30.4 Å². The zero-order valence-corrected chi connectivity index (χ0v) is 16.1. The summed E-state index contributed by atoms with van der Waals surface area (Å²) in [6.45, 7) is 1.51. The lowest BCUT2D eigenvalue weighted by Gasteiger charge is -2.31. The molecule has 0 spiro atoms. The number of methoxy groups -OCH3 is 1. The van der Waals surface area contributed by atoms with E-state index in [0.29, 0.717) is 17.0 Å². The smallest absolute Gasteiger partial charge is 0.416 e. The molecule has 0 bridgehead atoms. The minimum Gasteiger partial charge on any atom is -0.496 e. The molecule has 0 saturated carbocycles. The molecule has 1 saturated heterocycles. The van der Waals surface area contributed by atoms with Crippen molar-refractivity contribution in [1.29, 1.82) is 0 Å². The number of carbonyl (C=O) groups excluding carboxylic acids is 1. The van der Waals surface area contributed by atoms with E-state index in [1.165, 1.54) is 19.3 Å². The normalized spacial score (nSPS) is 14.8. The summed E-state index contributed by atoms with van der Waals surface area (Å²) in [5.41, 5.74) is 0.681. The Morgan fingerprint density at radius 3 is 2.52 bits per heavy atom. The highest BCUT2D eigenvalue weighted by molar-refractivity contribution is 6.04. The van der Waals surface area contributed by atoms with Crippen molar-refractivity contribution >= 4 is 23.4 Å². The van der Waals surface area contributed by atoms with Gasteiger partial charge in [-0.3, -0.25) is 4.79 Å². The van der Waals surface area contributed by atoms with Crippen molar-refractivity contribution in [3.63, 3.8) is 0 Å². The number of halogens is 3. The lowest BCUT2D eigenvalue weighted by Crippen LogP contribution is -2.30. The van der Waals surface area contributed by atoms with Crippen LogP contribution in [0.4, 0.5) is 24.5 Å². The molecule has 1 amide bonds. The summed E-state index contributed by atoms with van der Waals surface area (Å²) in [6, 6.07) is 10.7. The van der Waals surface area contributed by atoms with Crippen LogP contribution in [-0.2, 0) is 11.0 Å². The van der Waals surface area contributed by atoms with Crippen LogP contribution in [0.2, 0.25) is 0 Å². The van der Waals surface area contributed by atoms with Crippen LogP contribution in [0, 0.1) is 0 Å². The highest BCUT2D eigenvalue weighted by Crippen LogP contribution is 2.36. The van der Waals surface area contributed by atoms with E-state index >= 15 is 0 Å². The summed E-state index contributed by atoms with van der Waals surface area (Å²) in [7, 11) is 1.53. The molecule has 2 aromatic rings. The summed E-state index contributed by atoms with van der Waals surface area (Å²) < 4.78 is 44.8. The van der Waals surface area contributed by atoms with E-state index in [0.717, 1.165) is 44.5 Å². The van der Waals surface area contributed by atoms with Crippen LogP contribution in [-0.4, -0.2) is 26.1 Å². The van der Waals surface area contributed by atoms with Crippen molar-refractivity contribution in [2.24, 2.45) is 0 Å². The van der Waals surface area contributed by atoms with Crippen molar-refractivity contribution < 1.29 is 22.7 Å². The third-order valence-electron chi connectivity index (χ3n) is 4.83. The Hall–Kier alpha value is -2.96. The summed E-state index contributed by atoms with van der Waals surface area (Å²) >= 11 is 0. The Morgan fingerprint density at radius 2 is 1.83 bits per heavy atom. The summed E-state index contributed by atoms with van der Waals surface area (Å²) in [5, 5.41) is 2.62. The second kappa shape index (κ2) is 9.03. The molecule has 0 aliphatic carbocycles. The molecule has 0 radical (unpaired) electrons. The number of nitrogens with one attached hydrogen (secondary N) is 1. The first-order valence-corrected chi connectivity index (χ1v) is 9.47. The van der Waals surface area contributed by atoms with E-state index < -0.39 is 17.6 Å². The quantitative estimate of drug-likeness (QED) is 0.683. The number of benzene rings is 2. The maximum absolute atomic E-state index is 13.2. The van der Waals surface area contributed by atoms with Crippen LogP contribution < -0.4 is 15.0 Å². The number of rotatable bonds is 5. The molecule has 1 N–H and O–H groups in total. The molecule has 29 heavy (non-hydrogen) atoms. The van der Waals surface area contributed by atoms with Gasteiger partial charge in [0, 0.05) is 24.7 Å². The molecule has 1 fully saturated rings. The van der Waals surface area contributed by atoms with Gasteiger partial charge in [0.2, 0.25) is 5.91 Å². The van der Waals surface area contributed by atoms with Crippen molar-refractivity contribution in [2.75, 3.05) is 30.4 Å². The van der Waals surface area contributed by atoms with E-state index in [-0.39, 0.29) is 5.69 Å². The van der Waals surface area contributed by atoms with Crippen LogP contribution in [0.3, 0.4) is 0 Å². The predicted octanol–water partition coefficient (Wildman–Crippen LogP) is 5.36. The first-order valence-electron chi connectivity index (χ1n) is 9.47. The van der Waals surface area contributed by atoms with Gasteiger partial charge >= 0.3 is 6.18 Å². The Balaban J connectivity index is 1.85. The average Bonchev–Trinajstić information content (AvgIpc) is 2.72. The minimum atomic E-state index is -4.48. The first kappa shape index (κ1) is 20.8. The molecular weight excluding hydrogens is 381 g/mol. The summed E-state index contributed by atoms with van der Waals surface area (Å²) in [6.07, 6.45) is 1.43. The molecule has 2 aromatic carbocycles. The van der Waals surface area contributed by atoms with Crippen LogP contribution in [0.5, 0.6) is 5.75 Å². The number of alkyl halides is 3. The number of carbonyl (C=O) groups is 1. The highest BCUT2D eigenvalue weighted by atomic mass is 19.4. The Bertz CT molecular complexity index is 888. The number of piperidine rings is 1. The van der Waals surface area contributed by atoms with E-state index in [1.807, 2.05) is 11.0 Å². The maximum atomic E-state index is 13.2. The number of nitrogens with zero attached hydrogens (tertiary/aromatic N) is 1. The van der Waals surface area contributed by atoms with E-state index in [1.54, 1.807) is 24.3 Å². The summed E-state index contributed by atoms with van der Waals surface area (Å²) in [5.74, 6) is 0.0955. The van der Waals surface area contributed by atoms with Gasteiger partial charge in [0.15, 0.2) is 0 Å². The fraction of sp³-hybridized carbons (Fsp3) is 0.318. The fourth-order valence-corrected chi connectivity index (χ4v) is 3.37. The number of hydrogen-bond donors (Lipinski definition) is 1. The minimum absolute atomic E-state index is 0.163. The molecule has 1 aliphatic heterocycles. The molecule has 3 rings (SSSR count). The highest BCUT2D eigenvalue weighted by Gasteiger charge is 2.31. The molecule has 1 aliphatic rings. The molecule has 7 heteroatoms. The number of amides is 1. The van der Waals surface area contributed by atoms with Gasteiger partial charge in [-0.1, -0.05) is 18.2 Å². The third kappa shape index (κ3) is 5.31. The molecule has 0 unspecified atom stereocenters. The first-order chi connectivity index (χ1) is 13.9. The topological polar surface area (TPSA) is 41.6 Å². The average molecular weight is 404 g/mol. The zero-order valence-electron chi connectivity index (χ0n) is 16.1. The van der Waals surface area contributed by atoms with E-state index in [2.05, 4.69) is 5.32 Å².